The maximum Gasteiger partial charge on any atom is 0.196 e. The monoisotopic (exact) mass is 333 g/mol. The molecule has 0 atom stereocenters. The molecular formula is C17H23N3O2S. The molecule has 2 N–H and O–H groups in total. The van der Waals surface area contributed by atoms with E-state index in [0.717, 1.165) is 23.9 Å². The Morgan fingerprint density at radius 3 is 2.74 bits per heavy atom. The number of methoxy groups -OCH3 is 1. The van der Waals surface area contributed by atoms with Crippen LogP contribution in [0.2, 0.25) is 0 Å². The lowest BCUT2D eigenvalue weighted by Crippen LogP contribution is -2.30. The van der Waals surface area contributed by atoms with Gasteiger partial charge in [0, 0.05) is 18.3 Å². The van der Waals surface area contributed by atoms with Gasteiger partial charge in [0.2, 0.25) is 0 Å². The molecule has 0 radical (unpaired) electrons. The van der Waals surface area contributed by atoms with Crippen molar-refractivity contribution in [3.63, 3.8) is 0 Å². The third-order valence-corrected chi connectivity index (χ3v) is 3.80. The van der Waals surface area contributed by atoms with Crippen LogP contribution < -0.4 is 20.1 Å². The van der Waals surface area contributed by atoms with Gasteiger partial charge in [-0.3, -0.25) is 0 Å². The molecule has 1 aromatic heterocycles. The first-order valence-corrected chi connectivity index (χ1v) is 8.58. The van der Waals surface area contributed by atoms with Gasteiger partial charge in [0.15, 0.2) is 17.5 Å². The average molecular weight is 333 g/mol. The van der Waals surface area contributed by atoms with E-state index in [9.17, 15) is 0 Å². The van der Waals surface area contributed by atoms with Gasteiger partial charge < -0.3 is 20.1 Å². The average Bonchev–Trinajstić information content (AvgIpc) is 3.08. The van der Waals surface area contributed by atoms with Crippen LogP contribution in [0.15, 0.2) is 40.0 Å². The Labute approximate surface area is 141 Å². The highest BCUT2D eigenvalue weighted by Crippen LogP contribution is 2.30. The van der Waals surface area contributed by atoms with Gasteiger partial charge in [0.05, 0.1) is 20.3 Å². The number of anilines is 1. The topological polar surface area (TPSA) is 54.9 Å². The Kier molecular flexibility index (Phi) is 6.75. The Bertz CT molecular complexity index is 627. The Balaban J connectivity index is 2.11. The standard InChI is InChI=1S/C17H23N3O2S/c1-4-18-17(19-11-13-8-9-23-12-13)20-14-6-7-15(22-5-2)16(10-14)21-3/h6-10,12H,4-5,11H2,1-3H3,(H2,18,19,20). The van der Waals surface area contributed by atoms with Gasteiger partial charge in [-0.05, 0) is 48.4 Å². The fourth-order valence-corrected chi connectivity index (χ4v) is 2.68. The molecule has 124 valence electrons. The summed E-state index contributed by atoms with van der Waals surface area (Å²) in [6, 6.07) is 7.83. The van der Waals surface area contributed by atoms with Crippen LogP contribution in [0, 0.1) is 0 Å². The van der Waals surface area contributed by atoms with Gasteiger partial charge in [0.25, 0.3) is 0 Å². The Hall–Kier alpha value is -2.21. The fourth-order valence-electron chi connectivity index (χ4n) is 2.02. The van der Waals surface area contributed by atoms with Crippen molar-refractivity contribution in [3.8, 4) is 11.5 Å². The van der Waals surface area contributed by atoms with Gasteiger partial charge >= 0.3 is 0 Å². The van der Waals surface area contributed by atoms with Crippen molar-refractivity contribution < 1.29 is 9.47 Å². The number of aliphatic imine (C=N–C) groups is 1. The summed E-state index contributed by atoms with van der Waals surface area (Å²) in [6.07, 6.45) is 0. The minimum absolute atomic E-state index is 0.605. The van der Waals surface area contributed by atoms with Gasteiger partial charge in [-0.1, -0.05) is 0 Å². The predicted molar refractivity (Wildman–Crippen MR) is 96.9 cm³/mol. The van der Waals surface area contributed by atoms with Gasteiger partial charge in [-0.15, -0.1) is 0 Å². The molecule has 0 saturated carbocycles. The van der Waals surface area contributed by atoms with Gasteiger partial charge in [0.1, 0.15) is 0 Å². The third-order valence-electron chi connectivity index (χ3n) is 3.07. The van der Waals surface area contributed by atoms with E-state index in [0.29, 0.717) is 18.9 Å². The van der Waals surface area contributed by atoms with Crippen molar-refractivity contribution in [2.24, 2.45) is 4.99 Å². The van der Waals surface area contributed by atoms with E-state index in [4.69, 9.17) is 9.47 Å². The largest absolute Gasteiger partial charge is 0.493 e. The predicted octanol–water partition coefficient (Wildman–Crippen LogP) is 3.73. The van der Waals surface area contributed by atoms with Crippen LogP contribution >= 0.6 is 11.3 Å². The second-order valence-electron chi connectivity index (χ2n) is 4.75. The summed E-state index contributed by atoms with van der Waals surface area (Å²) in [5.41, 5.74) is 2.10. The molecule has 0 unspecified atom stereocenters. The molecule has 2 rings (SSSR count). The molecule has 1 aromatic carbocycles. The maximum atomic E-state index is 5.53. The lowest BCUT2D eigenvalue weighted by molar-refractivity contribution is 0.311. The smallest absolute Gasteiger partial charge is 0.196 e. The summed E-state index contributed by atoms with van der Waals surface area (Å²) in [4.78, 5) is 4.59. The van der Waals surface area contributed by atoms with Crippen LogP contribution in [0.1, 0.15) is 19.4 Å². The zero-order valence-electron chi connectivity index (χ0n) is 13.8. The normalized spacial score (nSPS) is 11.2. The number of rotatable bonds is 7. The van der Waals surface area contributed by atoms with E-state index in [1.54, 1.807) is 18.4 Å². The molecule has 0 bridgehead atoms. The highest BCUT2D eigenvalue weighted by atomic mass is 32.1. The number of benzene rings is 1. The summed E-state index contributed by atoms with van der Waals surface area (Å²) in [5.74, 6) is 2.18. The highest BCUT2D eigenvalue weighted by molar-refractivity contribution is 7.07. The van der Waals surface area contributed by atoms with Crippen molar-refractivity contribution in [2.45, 2.75) is 20.4 Å². The zero-order valence-corrected chi connectivity index (χ0v) is 14.6. The van der Waals surface area contributed by atoms with Crippen LogP contribution in [0.4, 0.5) is 5.69 Å². The molecule has 2 aromatic rings. The summed E-state index contributed by atoms with van der Waals surface area (Å²) in [6.45, 7) is 6.04. The van der Waals surface area contributed by atoms with Crippen LogP contribution in [0.3, 0.4) is 0 Å². The van der Waals surface area contributed by atoms with Crippen molar-refractivity contribution in [3.05, 3.63) is 40.6 Å². The Morgan fingerprint density at radius 2 is 2.09 bits per heavy atom. The molecule has 0 saturated heterocycles. The number of hydrogen-bond donors (Lipinski definition) is 2. The number of hydrogen-bond acceptors (Lipinski definition) is 4. The first-order valence-electron chi connectivity index (χ1n) is 7.64. The molecule has 1 heterocycles. The molecule has 0 fully saturated rings. The summed E-state index contributed by atoms with van der Waals surface area (Å²) in [5, 5.41) is 10.7. The maximum absolute atomic E-state index is 5.53. The third kappa shape index (κ3) is 5.17. The lowest BCUT2D eigenvalue weighted by atomic mass is 10.2. The minimum atomic E-state index is 0.605. The number of nitrogens with one attached hydrogen (secondary N) is 2. The van der Waals surface area contributed by atoms with E-state index in [1.807, 2.05) is 32.0 Å². The second kappa shape index (κ2) is 9.05. The molecular weight excluding hydrogens is 310 g/mol. The number of ether oxygens (including phenoxy) is 2. The first-order chi connectivity index (χ1) is 11.3. The van der Waals surface area contributed by atoms with Crippen LogP contribution in [0.5, 0.6) is 11.5 Å². The second-order valence-corrected chi connectivity index (χ2v) is 5.53. The first kappa shape index (κ1) is 17.1. The van der Waals surface area contributed by atoms with Crippen molar-refractivity contribution in [1.82, 2.24) is 5.32 Å². The van der Waals surface area contributed by atoms with E-state index >= 15 is 0 Å². The molecule has 23 heavy (non-hydrogen) atoms. The molecule has 0 aliphatic rings. The minimum Gasteiger partial charge on any atom is -0.493 e. The summed E-state index contributed by atoms with van der Waals surface area (Å²) >= 11 is 1.68. The van der Waals surface area contributed by atoms with Crippen molar-refractivity contribution in [1.29, 1.82) is 0 Å². The van der Waals surface area contributed by atoms with Crippen LogP contribution in [-0.2, 0) is 6.54 Å². The number of guanidine groups is 1. The molecule has 0 spiro atoms. The van der Waals surface area contributed by atoms with Crippen molar-refractivity contribution in [2.75, 3.05) is 25.6 Å². The Morgan fingerprint density at radius 1 is 1.22 bits per heavy atom. The quantitative estimate of drug-likeness (QED) is 0.599. The highest BCUT2D eigenvalue weighted by Gasteiger charge is 2.07. The number of thiophene rings is 1. The SMILES string of the molecule is CCNC(=NCc1ccsc1)Nc1ccc(OCC)c(OC)c1. The zero-order chi connectivity index (χ0) is 16.5. The van der Waals surface area contributed by atoms with Crippen molar-refractivity contribution >= 4 is 23.0 Å². The summed E-state index contributed by atoms with van der Waals surface area (Å²) in [7, 11) is 1.64. The molecule has 5 nitrogen and oxygen atoms in total. The van der Waals surface area contributed by atoms with Crippen LogP contribution in [-0.4, -0.2) is 26.2 Å². The molecule has 0 aliphatic carbocycles. The molecule has 0 amide bonds. The number of nitrogens with zero attached hydrogens (tertiary/aromatic N) is 1. The van der Waals surface area contributed by atoms with E-state index in [2.05, 4.69) is 32.5 Å². The summed E-state index contributed by atoms with van der Waals surface area (Å²) < 4.78 is 10.9. The fraction of sp³-hybridized carbons (Fsp3) is 0.353. The lowest BCUT2D eigenvalue weighted by Gasteiger charge is -2.14. The van der Waals surface area contributed by atoms with E-state index < -0.39 is 0 Å². The van der Waals surface area contributed by atoms with Crippen LogP contribution in [0.25, 0.3) is 0 Å². The van der Waals surface area contributed by atoms with E-state index in [-0.39, 0.29) is 0 Å². The molecule has 0 aliphatic heterocycles. The van der Waals surface area contributed by atoms with E-state index in [1.165, 1.54) is 5.56 Å². The molecule has 6 heteroatoms. The van der Waals surface area contributed by atoms with Gasteiger partial charge in [-0.25, -0.2) is 4.99 Å². The van der Waals surface area contributed by atoms with Gasteiger partial charge in [-0.2, -0.15) is 11.3 Å².